The van der Waals surface area contributed by atoms with E-state index in [2.05, 4.69) is 25.3 Å². The first-order chi connectivity index (χ1) is 42.0. The first kappa shape index (κ1) is 63.8. The van der Waals surface area contributed by atoms with Gasteiger partial charge in [-0.15, -0.1) is 0 Å². The summed E-state index contributed by atoms with van der Waals surface area (Å²) in [5, 5.41) is 2.68. The topological polar surface area (TPSA) is 239 Å². The second-order valence-electron chi connectivity index (χ2n) is 22.1. The van der Waals surface area contributed by atoms with Gasteiger partial charge >= 0.3 is 30.4 Å². The molecular formula is C65H60F8N8O8. The third-order valence-corrected chi connectivity index (χ3v) is 14.5. The highest BCUT2D eigenvalue weighted by Gasteiger charge is 2.64. The summed E-state index contributed by atoms with van der Waals surface area (Å²) in [6.07, 6.45) is -14.3. The number of alkyl halides is 6. The van der Waals surface area contributed by atoms with E-state index >= 15 is 0 Å². The van der Waals surface area contributed by atoms with E-state index in [1.807, 2.05) is 0 Å². The van der Waals surface area contributed by atoms with Crippen LogP contribution in [0.1, 0.15) is 93.8 Å². The normalized spacial score (nSPS) is 18.4. The van der Waals surface area contributed by atoms with E-state index in [0.29, 0.717) is 45.4 Å². The summed E-state index contributed by atoms with van der Waals surface area (Å²) in [6.45, 7) is 8.86. The molecule has 89 heavy (non-hydrogen) atoms. The number of rotatable bonds is 17. The van der Waals surface area contributed by atoms with Gasteiger partial charge in [0.25, 0.3) is 0 Å². The number of alkyl carbamates (subject to hydrolysis) is 1. The highest BCUT2D eigenvalue weighted by molar-refractivity contribution is 5.91. The molecule has 2 aliphatic carbocycles. The van der Waals surface area contributed by atoms with Gasteiger partial charge in [-0.05, 0) is 105 Å². The molecule has 7 N–H and O–H groups in total. The van der Waals surface area contributed by atoms with E-state index in [9.17, 15) is 49.5 Å². The SMILES string of the molecule is CCOC(=O)C1(N)CC1c1ccc(-c2cc(OC(c3ccc(-c4cccc(F)c4)cc3)C(F)(F)F)nc(N)n2)cc1.CCOC(=O)C1(NC(=O)OC(C)(C)C)CC1c1ccc(-c2cc(OC(c3ccc(-c4cccc(F)c4)cc3)C(F)(F)F)nc(N)n2)cc1. The average molecular weight is 1230 g/mol. The minimum Gasteiger partial charge on any atom is -0.465 e. The molecule has 16 nitrogen and oxygen atoms in total. The van der Waals surface area contributed by atoms with Gasteiger partial charge < -0.3 is 46.2 Å². The summed E-state index contributed by atoms with van der Waals surface area (Å²) >= 11 is 0. The van der Waals surface area contributed by atoms with Gasteiger partial charge in [-0.2, -0.15) is 36.3 Å². The van der Waals surface area contributed by atoms with Gasteiger partial charge in [0.2, 0.25) is 35.9 Å². The van der Waals surface area contributed by atoms with Crippen molar-refractivity contribution in [1.82, 2.24) is 25.3 Å². The number of benzene rings is 6. The number of nitrogens with one attached hydrogen (secondary N) is 1. The van der Waals surface area contributed by atoms with E-state index in [-0.39, 0.29) is 65.8 Å². The summed E-state index contributed by atoms with van der Waals surface area (Å²) in [4.78, 5) is 53.7. The summed E-state index contributed by atoms with van der Waals surface area (Å²) in [7, 11) is 0. The molecule has 2 aliphatic rings. The lowest BCUT2D eigenvalue weighted by Crippen LogP contribution is -2.47. The zero-order valence-corrected chi connectivity index (χ0v) is 48.5. The zero-order chi connectivity index (χ0) is 64.2. The standard InChI is InChI=1S/C35H34F4N4O5.C30H26F4N4O3/c1-5-46-30(44)34(43-32(45)48-33(2,3)4)19-26(34)21-11-13-22(14-12-21)27-18-28(42-31(40)41-27)47-29(35(37,38)39)23-15-9-20(10-16-23)24-7-6-8-25(36)17-24;1-2-40-27(39)29(36)16-23(29)18-8-10-19(11-9-18)24-15-25(38-28(35)37-24)41-26(30(32,33)34)20-12-6-17(7-13-20)21-4-3-5-22(31)14-21/h6-18,26,29H,5,19H2,1-4H3,(H,43,45)(H2,40,41,42);3-15,23,26H,2,16,36H2,1H3,(H2,35,37,38). The highest BCUT2D eigenvalue weighted by Crippen LogP contribution is 2.53. The average Bonchev–Trinajstić information content (AvgIpc) is 1.65. The van der Waals surface area contributed by atoms with Crippen LogP contribution in [0.25, 0.3) is 44.8 Å². The number of nitrogens with two attached hydrogens (primary N) is 3. The molecule has 464 valence electrons. The number of hydrogen-bond donors (Lipinski definition) is 4. The fourth-order valence-corrected chi connectivity index (χ4v) is 10.0. The van der Waals surface area contributed by atoms with Crippen LogP contribution in [0.3, 0.4) is 0 Å². The van der Waals surface area contributed by atoms with Gasteiger partial charge in [-0.25, -0.2) is 28.3 Å². The van der Waals surface area contributed by atoms with Crippen molar-refractivity contribution in [2.75, 3.05) is 24.7 Å². The second-order valence-corrected chi connectivity index (χ2v) is 22.1. The fraction of sp³-hybridized carbons (Fsp3) is 0.277. The van der Waals surface area contributed by atoms with E-state index in [1.165, 1.54) is 97.1 Å². The molecule has 6 atom stereocenters. The first-order valence-electron chi connectivity index (χ1n) is 27.9. The maximum atomic E-state index is 14.2. The van der Waals surface area contributed by atoms with Gasteiger partial charge in [0.15, 0.2) is 0 Å². The zero-order valence-electron chi connectivity index (χ0n) is 48.5. The predicted molar refractivity (Wildman–Crippen MR) is 313 cm³/mol. The third kappa shape index (κ3) is 15.4. The van der Waals surface area contributed by atoms with E-state index in [1.54, 1.807) is 95.3 Å². The Balaban J connectivity index is 0.000000214. The molecule has 24 heteroatoms. The number of anilines is 2. The molecule has 2 aromatic heterocycles. The predicted octanol–water partition coefficient (Wildman–Crippen LogP) is 13.5. The van der Waals surface area contributed by atoms with Gasteiger partial charge in [0, 0.05) is 46.2 Å². The summed E-state index contributed by atoms with van der Waals surface area (Å²) in [5.74, 6) is -3.91. The lowest BCUT2D eigenvalue weighted by atomic mass is 10.0. The smallest absolute Gasteiger partial charge is 0.429 e. The Morgan fingerprint density at radius 3 is 1.34 bits per heavy atom. The largest absolute Gasteiger partial charge is 0.465 e. The Hall–Kier alpha value is -9.71. The molecular weight excluding hydrogens is 1170 g/mol. The summed E-state index contributed by atoms with van der Waals surface area (Å²) in [5.41, 5.74) is 19.5. The van der Waals surface area contributed by atoms with Crippen LogP contribution in [0.5, 0.6) is 11.8 Å². The number of halogens is 8. The second kappa shape index (κ2) is 25.6. The highest BCUT2D eigenvalue weighted by atomic mass is 19.4. The van der Waals surface area contributed by atoms with Gasteiger partial charge in [-0.1, -0.05) is 121 Å². The summed E-state index contributed by atoms with van der Waals surface area (Å²) < 4.78 is 139. The number of ether oxygens (including phenoxy) is 5. The quantitative estimate of drug-likeness (QED) is 0.0377. The molecule has 0 saturated heterocycles. The third-order valence-electron chi connectivity index (χ3n) is 14.5. The van der Waals surface area contributed by atoms with Gasteiger partial charge in [0.05, 0.1) is 24.6 Å². The fourth-order valence-electron chi connectivity index (χ4n) is 10.0. The van der Waals surface area contributed by atoms with Crippen molar-refractivity contribution in [3.8, 4) is 56.5 Å². The molecule has 2 saturated carbocycles. The lowest BCUT2D eigenvalue weighted by molar-refractivity contribution is -0.199. The number of nitrogen functional groups attached to an aromatic ring is 2. The lowest BCUT2D eigenvalue weighted by Gasteiger charge is -2.23. The molecule has 6 unspecified atom stereocenters. The number of carbonyl (C=O) groups excluding carboxylic acids is 3. The van der Waals surface area contributed by atoms with Crippen molar-refractivity contribution in [3.05, 3.63) is 192 Å². The maximum absolute atomic E-state index is 14.2. The van der Waals surface area contributed by atoms with Crippen molar-refractivity contribution in [1.29, 1.82) is 0 Å². The molecule has 2 heterocycles. The van der Waals surface area contributed by atoms with E-state index < -0.39 is 82.7 Å². The Morgan fingerprint density at radius 1 is 0.539 bits per heavy atom. The van der Waals surface area contributed by atoms with Gasteiger partial charge in [-0.3, -0.25) is 4.79 Å². The molecule has 0 bridgehead atoms. The van der Waals surface area contributed by atoms with Crippen molar-refractivity contribution in [3.63, 3.8) is 0 Å². The minimum atomic E-state index is -4.81. The number of hydrogen-bond acceptors (Lipinski definition) is 15. The van der Waals surface area contributed by atoms with Crippen LogP contribution in [0.15, 0.2) is 158 Å². The van der Waals surface area contributed by atoms with Crippen molar-refractivity contribution in [2.45, 2.75) is 101 Å². The Kier molecular flexibility index (Phi) is 18.3. The first-order valence-corrected chi connectivity index (χ1v) is 27.9. The summed E-state index contributed by atoms with van der Waals surface area (Å²) in [6, 6.07) is 38.6. The van der Waals surface area contributed by atoms with Crippen LogP contribution in [0, 0.1) is 11.6 Å². The Labute approximate surface area is 505 Å². The molecule has 1 amide bonds. The van der Waals surface area contributed by atoms with E-state index in [4.69, 9.17) is 40.9 Å². The molecule has 0 radical (unpaired) electrons. The molecule has 0 aliphatic heterocycles. The number of nitrogens with zero attached hydrogens (tertiary/aromatic N) is 4. The van der Waals surface area contributed by atoms with Crippen LogP contribution >= 0.6 is 0 Å². The number of esters is 2. The monoisotopic (exact) mass is 1230 g/mol. The Bertz CT molecular complexity index is 3850. The van der Waals surface area contributed by atoms with Crippen LogP contribution in [0.2, 0.25) is 0 Å². The maximum Gasteiger partial charge on any atom is 0.429 e. The molecule has 6 aromatic carbocycles. The minimum absolute atomic E-state index is 0.122. The van der Waals surface area contributed by atoms with Crippen molar-refractivity contribution >= 4 is 29.9 Å². The number of aromatic nitrogens is 4. The molecule has 8 aromatic rings. The number of amides is 1. The van der Waals surface area contributed by atoms with Crippen LogP contribution in [0.4, 0.5) is 51.8 Å². The van der Waals surface area contributed by atoms with Crippen molar-refractivity contribution < 1.29 is 73.2 Å². The van der Waals surface area contributed by atoms with E-state index in [0.717, 1.165) is 5.56 Å². The van der Waals surface area contributed by atoms with Gasteiger partial charge in [0.1, 0.15) is 28.3 Å². The van der Waals surface area contributed by atoms with Crippen molar-refractivity contribution in [2.24, 2.45) is 5.73 Å². The number of carbonyl (C=O) groups is 3. The molecule has 10 rings (SSSR count). The van der Waals surface area contributed by atoms with Crippen LogP contribution in [-0.2, 0) is 23.8 Å². The van der Waals surface area contributed by atoms with Crippen LogP contribution in [-0.4, -0.2) is 80.2 Å². The molecule has 0 spiro atoms. The molecule has 2 fully saturated rings. The Morgan fingerprint density at radius 2 is 0.944 bits per heavy atom. The van der Waals surface area contributed by atoms with Crippen LogP contribution < -0.4 is 32.0 Å².